The van der Waals surface area contributed by atoms with Gasteiger partial charge in [0.25, 0.3) is 5.91 Å². The first-order valence-electron chi connectivity index (χ1n) is 14.8. The molecule has 10 heteroatoms. The average molecular weight is 573 g/mol. The average Bonchev–Trinajstić information content (AvgIpc) is 3.58. The third-order valence-corrected chi connectivity index (χ3v) is 8.97. The first kappa shape index (κ1) is 27.0. The number of hydrogen-bond donors (Lipinski definition) is 1. The molecule has 1 aromatic heterocycles. The van der Waals surface area contributed by atoms with Crippen molar-refractivity contribution in [3.05, 3.63) is 70.7 Å². The first-order valence-corrected chi connectivity index (χ1v) is 14.8. The number of fused-ring (bicyclic) bond motifs is 2. The van der Waals surface area contributed by atoms with Crippen LogP contribution < -0.4 is 10.1 Å². The highest BCUT2D eigenvalue weighted by molar-refractivity contribution is 6.05. The molecule has 3 aromatic rings. The number of piperidine rings is 1. The van der Waals surface area contributed by atoms with Gasteiger partial charge in [0.05, 0.1) is 5.52 Å². The lowest BCUT2D eigenvalue weighted by molar-refractivity contribution is -0.136. The van der Waals surface area contributed by atoms with Gasteiger partial charge in [-0.05, 0) is 67.6 Å². The molecule has 0 saturated carbocycles. The summed E-state index contributed by atoms with van der Waals surface area (Å²) in [6.07, 6.45) is 3.20. The van der Waals surface area contributed by atoms with Crippen LogP contribution in [0.5, 0.6) is 5.75 Å². The van der Waals surface area contributed by atoms with Crippen molar-refractivity contribution in [1.29, 1.82) is 0 Å². The quantitative estimate of drug-likeness (QED) is 0.450. The van der Waals surface area contributed by atoms with Crippen LogP contribution in [0.2, 0.25) is 0 Å². The third kappa shape index (κ3) is 5.13. The van der Waals surface area contributed by atoms with E-state index in [0.29, 0.717) is 59.8 Å². The minimum Gasteiger partial charge on any atom is -0.489 e. The van der Waals surface area contributed by atoms with Gasteiger partial charge < -0.3 is 14.4 Å². The van der Waals surface area contributed by atoms with Crippen molar-refractivity contribution in [3.63, 3.8) is 0 Å². The van der Waals surface area contributed by atoms with Crippen LogP contribution in [-0.4, -0.2) is 71.0 Å². The van der Waals surface area contributed by atoms with Crippen molar-refractivity contribution in [2.24, 2.45) is 0 Å². The molecule has 1 unspecified atom stereocenters. The van der Waals surface area contributed by atoms with E-state index in [9.17, 15) is 14.4 Å². The number of halogens is 1. The standard InChI is InChI=1S/C32H33FN4O5/c33-30-20(1-5-27-25(30)4-6-26(34-27)19-10-13-41-14-11-19)16-36-12-9-23(18-36)42-22-2-3-24-21(15-22)17-37(32(24)40)28-7-8-29(38)35-31(28)39/h1-6,15,19,23,28H,7-14,16-18H2,(H,35,38,39)/t23-,28?/m0/s1. The lowest BCUT2D eigenvalue weighted by Crippen LogP contribution is -2.52. The van der Waals surface area contributed by atoms with Gasteiger partial charge >= 0.3 is 0 Å². The van der Waals surface area contributed by atoms with Crippen LogP contribution in [-0.2, 0) is 27.4 Å². The predicted octanol–water partition coefficient (Wildman–Crippen LogP) is 3.68. The number of imide groups is 1. The van der Waals surface area contributed by atoms with Gasteiger partial charge in [-0.15, -0.1) is 0 Å². The van der Waals surface area contributed by atoms with Gasteiger partial charge in [0, 0.05) is 73.9 Å². The predicted molar refractivity (Wildman–Crippen MR) is 151 cm³/mol. The van der Waals surface area contributed by atoms with Crippen molar-refractivity contribution in [1.82, 2.24) is 20.1 Å². The number of hydrogen-bond acceptors (Lipinski definition) is 7. The SMILES string of the molecule is O=C1CCC(N2Cc3cc(O[C@H]4CCN(Cc5ccc6nc(C7CCOCC7)ccc6c5F)C4)ccc3C2=O)C(=O)N1. The van der Waals surface area contributed by atoms with E-state index in [-0.39, 0.29) is 30.2 Å². The smallest absolute Gasteiger partial charge is 0.255 e. The molecule has 218 valence electrons. The van der Waals surface area contributed by atoms with Crippen molar-refractivity contribution in [2.45, 2.75) is 63.3 Å². The van der Waals surface area contributed by atoms with Crippen LogP contribution in [0.15, 0.2) is 42.5 Å². The second kappa shape index (κ2) is 11.1. The summed E-state index contributed by atoms with van der Waals surface area (Å²) >= 11 is 0. The number of benzene rings is 2. The summed E-state index contributed by atoms with van der Waals surface area (Å²) in [7, 11) is 0. The molecule has 9 nitrogen and oxygen atoms in total. The van der Waals surface area contributed by atoms with Crippen molar-refractivity contribution in [3.8, 4) is 5.75 Å². The Morgan fingerprint density at radius 3 is 2.71 bits per heavy atom. The summed E-state index contributed by atoms with van der Waals surface area (Å²) in [5, 5.41) is 2.88. The molecule has 0 aliphatic carbocycles. The van der Waals surface area contributed by atoms with Crippen LogP contribution in [0.4, 0.5) is 4.39 Å². The zero-order valence-electron chi connectivity index (χ0n) is 23.3. The molecule has 42 heavy (non-hydrogen) atoms. The maximum atomic E-state index is 15.5. The van der Waals surface area contributed by atoms with Gasteiger partial charge in [0.2, 0.25) is 11.8 Å². The molecular formula is C32H33FN4O5. The summed E-state index contributed by atoms with van der Waals surface area (Å²) in [6, 6.07) is 12.3. The van der Waals surface area contributed by atoms with Gasteiger partial charge in [-0.1, -0.05) is 6.07 Å². The number of nitrogens with one attached hydrogen (secondary N) is 1. The Morgan fingerprint density at radius 2 is 1.88 bits per heavy atom. The summed E-state index contributed by atoms with van der Waals surface area (Å²) in [5.74, 6) is -0.113. The van der Waals surface area contributed by atoms with Crippen molar-refractivity contribution in [2.75, 3.05) is 26.3 Å². The van der Waals surface area contributed by atoms with Gasteiger partial charge in [-0.2, -0.15) is 0 Å². The molecular weight excluding hydrogens is 539 g/mol. The maximum Gasteiger partial charge on any atom is 0.255 e. The Hall–Kier alpha value is -3.89. The molecule has 0 spiro atoms. The van der Waals surface area contributed by atoms with Crippen LogP contribution in [0.25, 0.3) is 10.9 Å². The molecule has 3 fully saturated rings. The van der Waals surface area contributed by atoms with Crippen LogP contribution in [0.1, 0.15) is 65.2 Å². The summed E-state index contributed by atoms with van der Waals surface area (Å²) in [4.78, 5) is 45.3. The van der Waals surface area contributed by atoms with E-state index < -0.39 is 11.9 Å². The fourth-order valence-electron chi connectivity index (χ4n) is 6.67. The number of carbonyl (C=O) groups excluding carboxylic acids is 3. The molecule has 1 N–H and O–H groups in total. The van der Waals surface area contributed by atoms with Gasteiger partial charge in [0.1, 0.15) is 23.7 Å². The largest absolute Gasteiger partial charge is 0.489 e. The van der Waals surface area contributed by atoms with Gasteiger partial charge in [-0.3, -0.25) is 29.6 Å². The highest BCUT2D eigenvalue weighted by Crippen LogP contribution is 2.32. The van der Waals surface area contributed by atoms with Crippen LogP contribution in [0.3, 0.4) is 0 Å². The third-order valence-electron chi connectivity index (χ3n) is 8.97. The first-order chi connectivity index (χ1) is 20.4. The Kier molecular flexibility index (Phi) is 7.11. The Morgan fingerprint density at radius 1 is 1.02 bits per heavy atom. The van der Waals surface area contributed by atoms with E-state index in [0.717, 1.165) is 50.3 Å². The van der Waals surface area contributed by atoms with Gasteiger partial charge in [0.15, 0.2) is 0 Å². The zero-order chi connectivity index (χ0) is 28.8. The Balaban J connectivity index is 0.979. The lowest BCUT2D eigenvalue weighted by Gasteiger charge is -2.29. The van der Waals surface area contributed by atoms with E-state index in [1.807, 2.05) is 30.3 Å². The molecule has 2 aromatic carbocycles. The number of ether oxygens (including phenoxy) is 2. The summed E-state index contributed by atoms with van der Waals surface area (Å²) in [6.45, 7) is 3.73. The monoisotopic (exact) mass is 572 g/mol. The topological polar surface area (TPSA) is 101 Å². The minimum atomic E-state index is -0.643. The summed E-state index contributed by atoms with van der Waals surface area (Å²) in [5.41, 5.74) is 3.71. The number of nitrogens with zero attached hydrogens (tertiary/aromatic N) is 3. The number of amides is 3. The normalized spacial score (nSPS) is 23.5. The molecule has 3 amide bonds. The number of carbonyl (C=O) groups is 3. The van der Waals surface area contributed by atoms with Crippen LogP contribution in [0, 0.1) is 5.82 Å². The van der Waals surface area contributed by atoms with Crippen molar-refractivity contribution < 1.29 is 28.2 Å². The van der Waals surface area contributed by atoms with E-state index in [1.165, 1.54) is 4.90 Å². The molecule has 4 aliphatic heterocycles. The molecule has 7 rings (SSSR count). The molecule has 5 heterocycles. The fraction of sp³-hybridized carbons (Fsp3) is 0.438. The number of rotatable bonds is 6. The molecule has 2 atom stereocenters. The van der Waals surface area contributed by atoms with E-state index in [2.05, 4.69) is 10.2 Å². The second-order valence-corrected chi connectivity index (χ2v) is 11.7. The Labute approximate surface area is 243 Å². The number of likely N-dealkylation sites (tertiary alicyclic amines) is 1. The van der Waals surface area contributed by atoms with E-state index in [4.69, 9.17) is 14.5 Å². The zero-order valence-corrected chi connectivity index (χ0v) is 23.3. The van der Waals surface area contributed by atoms with Crippen LogP contribution >= 0.6 is 0 Å². The maximum absolute atomic E-state index is 15.5. The number of aromatic nitrogens is 1. The molecule has 4 aliphatic rings. The molecule has 0 radical (unpaired) electrons. The second-order valence-electron chi connectivity index (χ2n) is 11.7. The highest BCUT2D eigenvalue weighted by atomic mass is 19.1. The molecule has 3 saturated heterocycles. The van der Waals surface area contributed by atoms with E-state index >= 15 is 4.39 Å². The minimum absolute atomic E-state index is 0.0568. The Bertz CT molecular complexity index is 1570. The summed E-state index contributed by atoms with van der Waals surface area (Å²) < 4.78 is 27.3. The van der Waals surface area contributed by atoms with E-state index in [1.54, 1.807) is 12.1 Å². The lowest BCUT2D eigenvalue weighted by atomic mass is 9.95. The highest BCUT2D eigenvalue weighted by Gasteiger charge is 2.39. The number of pyridine rings is 1. The fourth-order valence-corrected chi connectivity index (χ4v) is 6.67. The van der Waals surface area contributed by atoms with Gasteiger partial charge in [-0.25, -0.2) is 4.39 Å². The van der Waals surface area contributed by atoms with Crippen molar-refractivity contribution >= 4 is 28.6 Å². The molecule has 0 bridgehead atoms.